The molecule has 1 aromatic heterocycles. The summed E-state index contributed by atoms with van der Waals surface area (Å²) in [6, 6.07) is 12.4. The van der Waals surface area contributed by atoms with Crippen molar-refractivity contribution in [3.05, 3.63) is 53.9 Å². The van der Waals surface area contributed by atoms with E-state index in [1.807, 2.05) is 36.5 Å². The summed E-state index contributed by atoms with van der Waals surface area (Å²) >= 11 is 5.87. The van der Waals surface area contributed by atoms with Crippen LogP contribution in [0.2, 0.25) is 0 Å². The predicted octanol–water partition coefficient (Wildman–Crippen LogP) is 3.82. The quantitative estimate of drug-likeness (QED) is 0.767. The van der Waals surface area contributed by atoms with E-state index in [1.54, 1.807) is 0 Å². The number of ether oxygens (including phenoxy) is 2. The van der Waals surface area contributed by atoms with Crippen molar-refractivity contribution in [2.24, 2.45) is 0 Å². The summed E-state index contributed by atoms with van der Waals surface area (Å²) in [6.45, 7) is 3.60. The highest BCUT2D eigenvalue weighted by Gasteiger charge is 2.32. The van der Waals surface area contributed by atoms with Gasteiger partial charge < -0.3 is 14.4 Å². The third-order valence-corrected chi connectivity index (χ3v) is 5.63. The molecule has 0 spiro atoms. The van der Waals surface area contributed by atoms with Gasteiger partial charge in [0.2, 0.25) is 0 Å². The smallest absolute Gasteiger partial charge is 0.182 e. The summed E-state index contributed by atoms with van der Waals surface area (Å²) in [5.74, 6) is 1.57. The van der Waals surface area contributed by atoms with Gasteiger partial charge in [-0.25, -0.2) is 0 Å². The number of aryl methyl sites for hydroxylation is 1. The molecule has 1 aliphatic carbocycles. The highest BCUT2D eigenvalue weighted by Crippen LogP contribution is 2.32. The molecule has 2 heterocycles. The molecule has 0 saturated carbocycles. The predicted molar refractivity (Wildman–Crippen MR) is 106 cm³/mol. The molecule has 2 unspecified atom stereocenters. The first-order chi connectivity index (χ1) is 12.8. The van der Waals surface area contributed by atoms with Crippen molar-refractivity contribution in [3.63, 3.8) is 0 Å². The maximum absolute atomic E-state index is 6.16. The van der Waals surface area contributed by atoms with Gasteiger partial charge in [-0.3, -0.25) is 4.98 Å². The average molecular weight is 369 g/mol. The molecule has 2 aliphatic rings. The Labute approximate surface area is 160 Å². The van der Waals surface area contributed by atoms with E-state index >= 15 is 0 Å². The van der Waals surface area contributed by atoms with Gasteiger partial charge >= 0.3 is 0 Å². The normalized spacial score (nSPS) is 21.0. The zero-order valence-electron chi connectivity index (χ0n) is 15.1. The van der Waals surface area contributed by atoms with Crippen LogP contribution in [0.4, 0.5) is 0 Å². The number of benzene rings is 1. The molecule has 136 valence electrons. The zero-order chi connectivity index (χ0) is 17.9. The Kier molecular flexibility index (Phi) is 5.07. The van der Waals surface area contributed by atoms with Crippen molar-refractivity contribution >= 4 is 17.2 Å². The van der Waals surface area contributed by atoms with Gasteiger partial charge in [-0.2, -0.15) is 0 Å². The fourth-order valence-electron chi connectivity index (χ4n) is 3.84. The molecule has 0 radical (unpaired) electrons. The van der Waals surface area contributed by atoms with E-state index in [0.29, 0.717) is 12.6 Å². The van der Waals surface area contributed by atoms with Crippen molar-refractivity contribution in [2.45, 2.75) is 44.8 Å². The SMILES string of the molecule is CCCN(C(=S)C1COc2ccccc2O1)C1CCc2cccnc2C1. The van der Waals surface area contributed by atoms with Crippen LogP contribution in [0, 0.1) is 0 Å². The minimum atomic E-state index is -0.212. The van der Waals surface area contributed by atoms with Crippen LogP contribution in [-0.4, -0.2) is 40.2 Å². The van der Waals surface area contributed by atoms with Crippen molar-refractivity contribution < 1.29 is 9.47 Å². The van der Waals surface area contributed by atoms with E-state index in [-0.39, 0.29) is 6.10 Å². The van der Waals surface area contributed by atoms with Crippen LogP contribution in [0.1, 0.15) is 31.0 Å². The first kappa shape index (κ1) is 17.3. The van der Waals surface area contributed by atoms with E-state index in [0.717, 1.165) is 48.7 Å². The van der Waals surface area contributed by atoms with Crippen LogP contribution in [0.15, 0.2) is 42.6 Å². The van der Waals surface area contributed by atoms with Crippen molar-refractivity contribution in [2.75, 3.05) is 13.2 Å². The van der Waals surface area contributed by atoms with E-state index in [2.05, 4.69) is 22.9 Å². The molecule has 0 saturated heterocycles. The van der Waals surface area contributed by atoms with Gasteiger partial charge in [0.1, 0.15) is 11.6 Å². The Morgan fingerprint density at radius 1 is 1.23 bits per heavy atom. The molecule has 26 heavy (non-hydrogen) atoms. The first-order valence-electron chi connectivity index (χ1n) is 9.38. The number of pyridine rings is 1. The second-order valence-corrected chi connectivity index (χ2v) is 7.32. The van der Waals surface area contributed by atoms with Crippen LogP contribution in [0.3, 0.4) is 0 Å². The fourth-order valence-corrected chi connectivity index (χ4v) is 4.19. The molecule has 5 heteroatoms. The Morgan fingerprint density at radius 2 is 2.08 bits per heavy atom. The van der Waals surface area contributed by atoms with E-state index in [1.165, 1.54) is 11.3 Å². The van der Waals surface area contributed by atoms with Gasteiger partial charge in [-0.1, -0.05) is 37.3 Å². The number of para-hydroxylation sites is 2. The van der Waals surface area contributed by atoms with Gasteiger partial charge in [0.25, 0.3) is 0 Å². The summed E-state index contributed by atoms with van der Waals surface area (Å²) in [6.07, 6.45) is 5.83. The standard InChI is InChI=1S/C21H24N2O2S/c1-2-12-23(16-10-9-15-6-5-11-22-17(15)13-16)21(26)20-14-24-18-7-3-4-8-19(18)25-20/h3-8,11,16,20H,2,9-10,12-14H2,1H3. The Bertz CT molecular complexity index is 795. The largest absolute Gasteiger partial charge is 0.485 e. The second-order valence-electron chi connectivity index (χ2n) is 6.90. The maximum Gasteiger partial charge on any atom is 0.182 e. The highest BCUT2D eigenvalue weighted by molar-refractivity contribution is 7.80. The molecule has 1 aliphatic heterocycles. The number of nitrogens with zero attached hydrogens (tertiary/aromatic N) is 2. The summed E-state index contributed by atoms with van der Waals surface area (Å²) in [5.41, 5.74) is 2.58. The van der Waals surface area contributed by atoms with Crippen molar-refractivity contribution in [1.82, 2.24) is 9.88 Å². The molecule has 0 bridgehead atoms. The zero-order valence-corrected chi connectivity index (χ0v) is 15.9. The van der Waals surface area contributed by atoms with E-state index in [4.69, 9.17) is 21.7 Å². The summed E-state index contributed by atoms with van der Waals surface area (Å²) in [7, 11) is 0. The number of rotatable bonds is 4. The average Bonchev–Trinajstić information content (AvgIpc) is 2.71. The summed E-state index contributed by atoms with van der Waals surface area (Å²) < 4.78 is 12.0. The lowest BCUT2D eigenvalue weighted by molar-refractivity contribution is 0.122. The van der Waals surface area contributed by atoms with Crippen molar-refractivity contribution in [1.29, 1.82) is 0 Å². The molecule has 2 aromatic rings. The number of aromatic nitrogens is 1. The van der Waals surface area contributed by atoms with Crippen LogP contribution in [-0.2, 0) is 12.8 Å². The number of thiocarbonyl (C=S) groups is 1. The molecule has 1 aromatic carbocycles. The maximum atomic E-state index is 6.16. The Morgan fingerprint density at radius 3 is 2.92 bits per heavy atom. The van der Waals surface area contributed by atoms with Gasteiger partial charge in [-0.15, -0.1) is 0 Å². The minimum absolute atomic E-state index is 0.212. The lowest BCUT2D eigenvalue weighted by atomic mass is 9.90. The third-order valence-electron chi connectivity index (χ3n) is 5.13. The highest BCUT2D eigenvalue weighted by atomic mass is 32.1. The Balaban J connectivity index is 1.51. The molecular formula is C21H24N2O2S. The van der Waals surface area contributed by atoms with Crippen LogP contribution >= 0.6 is 12.2 Å². The third kappa shape index (κ3) is 3.40. The number of hydrogen-bond donors (Lipinski definition) is 0. The molecule has 2 atom stereocenters. The molecule has 4 rings (SSSR count). The van der Waals surface area contributed by atoms with E-state index in [9.17, 15) is 0 Å². The topological polar surface area (TPSA) is 34.6 Å². The number of hydrogen-bond acceptors (Lipinski definition) is 4. The minimum Gasteiger partial charge on any atom is -0.485 e. The van der Waals surface area contributed by atoms with Crippen molar-refractivity contribution in [3.8, 4) is 11.5 Å². The molecule has 4 nitrogen and oxygen atoms in total. The monoisotopic (exact) mass is 368 g/mol. The Hall–Kier alpha value is -2.14. The van der Waals surface area contributed by atoms with Gasteiger partial charge in [0.15, 0.2) is 17.6 Å². The van der Waals surface area contributed by atoms with Gasteiger partial charge in [0, 0.05) is 30.9 Å². The molecule has 0 amide bonds. The lowest BCUT2D eigenvalue weighted by Crippen LogP contribution is -2.51. The van der Waals surface area contributed by atoms with Gasteiger partial charge in [0.05, 0.1) is 0 Å². The van der Waals surface area contributed by atoms with Crippen LogP contribution in [0.5, 0.6) is 11.5 Å². The van der Waals surface area contributed by atoms with Gasteiger partial charge in [-0.05, 0) is 43.0 Å². The van der Waals surface area contributed by atoms with E-state index < -0.39 is 0 Å². The number of fused-ring (bicyclic) bond motifs is 2. The molecular weight excluding hydrogens is 344 g/mol. The van der Waals surface area contributed by atoms with Crippen LogP contribution < -0.4 is 9.47 Å². The molecule has 0 fully saturated rings. The second kappa shape index (κ2) is 7.62. The summed E-state index contributed by atoms with van der Waals surface area (Å²) in [4.78, 5) is 7.80. The lowest BCUT2D eigenvalue weighted by Gasteiger charge is -2.39. The summed E-state index contributed by atoms with van der Waals surface area (Å²) in [5, 5.41) is 0. The molecule has 0 N–H and O–H groups in total. The fraction of sp³-hybridized carbons (Fsp3) is 0.429. The first-order valence-corrected chi connectivity index (χ1v) is 9.79. The van der Waals surface area contributed by atoms with Crippen LogP contribution in [0.25, 0.3) is 0 Å².